The Bertz CT molecular complexity index is 316. The van der Waals surface area contributed by atoms with Crippen molar-refractivity contribution in [3.05, 3.63) is 35.9 Å². The van der Waals surface area contributed by atoms with E-state index in [1.165, 1.54) is 18.4 Å². The van der Waals surface area contributed by atoms with Crippen molar-refractivity contribution in [3.63, 3.8) is 0 Å². The first-order valence-corrected chi connectivity index (χ1v) is 6.46. The molecular formula is C14H22N2O. The molecule has 94 valence electrons. The summed E-state index contributed by atoms with van der Waals surface area (Å²) in [6.45, 7) is 2.94. The van der Waals surface area contributed by atoms with Crippen LogP contribution >= 0.6 is 0 Å². The summed E-state index contributed by atoms with van der Waals surface area (Å²) in [7, 11) is 0. The molecular weight excluding hydrogens is 212 g/mol. The standard InChI is InChI=1S/C14H22N2O/c15-10-13(11-17)14(16-8-4-5-9-16)12-6-2-1-3-7-12/h1-3,6-7,13-14,17H,4-5,8-11,15H2/t13-,14-/m0/s1. The predicted octanol–water partition coefficient (Wildman–Crippen LogP) is 1.39. The van der Waals surface area contributed by atoms with Crippen LogP contribution in [0.4, 0.5) is 0 Å². The van der Waals surface area contributed by atoms with Gasteiger partial charge in [0, 0.05) is 18.6 Å². The summed E-state index contributed by atoms with van der Waals surface area (Å²) in [4.78, 5) is 2.46. The third-order valence-electron chi connectivity index (χ3n) is 3.66. The van der Waals surface area contributed by atoms with Gasteiger partial charge in [0.2, 0.25) is 0 Å². The molecule has 17 heavy (non-hydrogen) atoms. The van der Waals surface area contributed by atoms with Crippen LogP contribution in [0.2, 0.25) is 0 Å². The van der Waals surface area contributed by atoms with E-state index in [0.29, 0.717) is 6.54 Å². The van der Waals surface area contributed by atoms with Crippen molar-refractivity contribution < 1.29 is 5.11 Å². The first kappa shape index (κ1) is 12.6. The number of aliphatic hydroxyl groups is 1. The molecule has 0 spiro atoms. The van der Waals surface area contributed by atoms with Gasteiger partial charge in [-0.15, -0.1) is 0 Å². The Balaban J connectivity index is 2.22. The third-order valence-corrected chi connectivity index (χ3v) is 3.66. The van der Waals surface area contributed by atoms with Crippen molar-refractivity contribution in [2.24, 2.45) is 11.7 Å². The minimum absolute atomic E-state index is 0.135. The fraction of sp³-hybridized carbons (Fsp3) is 0.571. The average Bonchev–Trinajstić information content (AvgIpc) is 2.90. The van der Waals surface area contributed by atoms with Gasteiger partial charge in [0.1, 0.15) is 0 Å². The lowest BCUT2D eigenvalue weighted by molar-refractivity contribution is 0.119. The highest BCUT2D eigenvalue weighted by Gasteiger charge is 2.29. The summed E-state index contributed by atoms with van der Waals surface area (Å²) in [6.07, 6.45) is 2.51. The molecule has 3 nitrogen and oxygen atoms in total. The second-order valence-electron chi connectivity index (χ2n) is 4.78. The van der Waals surface area contributed by atoms with Gasteiger partial charge in [0.05, 0.1) is 0 Å². The van der Waals surface area contributed by atoms with E-state index in [2.05, 4.69) is 29.2 Å². The molecule has 0 aliphatic carbocycles. The van der Waals surface area contributed by atoms with Gasteiger partial charge in [-0.05, 0) is 38.0 Å². The van der Waals surface area contributed by atoms with Crippen LogP contribution in [0.5, 0.6) is 0 Å². The molecule has 1 aromatic carbocycles. The number of nitrogens with zero attached hydrogens (tertiary/aromatic N) is 1. The van der Waals surface area contributed by atoms with Gasteiger partial charge in [0.15, 0.2) is 0 Å². The Labute approximate surface area is 103 Å². The molecule has 0 saturated carbocycles. The minimum atomic E-state index is 0.135. The highest BCUT2D eigenvalue weighted by Crippen LogP contribution is 2.31. The quantitative estimate of drug-likeness (QED) is 0.809. The molecule has 2 atom stereocenters. The number of benzene rings is 1. The lowest BCUT2D eigenvalue weighted by Crippen LogP contribution is -2.36. The van der Waals surface area contributed by atoms with Crippen molar-refractivity contribution in [2.45, 2.75) is 18.9 Å². The van der Waals surface area contributed by atoms with Gasteiger partial charge in [-0.1, -0.05) is 30.3 Å². The second kappa shape index (κ2) is 6.15. The molecule has 3 heteroatoms. The van der Waals surface area contributed by atoms with Crippen molar-refractivity contribution in [1.29, 1.82) is 0 Å². The van der Waals surface area contributed by atoms with E-state index in [-0.39, 0.29) is 18.6 Å². The molecule has 1 aliphatic rings. The molecule has 1 aliphatic heterocycles. The minimum Gasteiger partial charge on any atom is -0.396 e. The van der Waals surface area contributed by atoms with Crippen LogP contribution in [0.25, 0.3) is 0 Å². The summed E-state index contributed by atoms with van der Waals surface area (Å²) in [5.74, 6) is 0.135. The van der Waals surface area contributed by atoms with Crippen LogP contribution < -0.4 is 5.73 Å². The number of likely N-dealkylation sites (tertiary alicyclic amines) is 1. The van der Waals surface area contributed by atoms with Gasteiger partial charge in [-0.2, -0.15) is 0 Å². The Morgan fingerprint density at radius 1 is 1.18 bits per heavy atom. The molecule has 0 unspecified atom stereocenters. The molecule has 1 aromatic rings. The molecule has 1 fully saturated rings. The zero-order valence-electron chi connectivity index (χ0n) is 10.3. The number of hydrogen-bond donors (Lipinski definition) is 2. The van der Waals surface area contributed by atoms with E-state index in [0.717, 1.165) is 13.1 Å². The summed E-state index contributed by atoms with van der Waals surface area (Å²) in [6, 6.07) is 10.7. The molecule has 0 aromatic heterocycles. The molecule has 1 heterocycles. The smallest absolute Gasteiger partial charge is 0.0489 e. The van der Waals surface area contributed by atoms with Gasteiger partial charge in [0.25, 0.3) is 0 Å². The van der Waals surface area contributed by atoms with E-state index in [9.17, 15) is 5.11 Å². The Kier molecular flexibility index (Phi) is 4.54. The zero-order chi connectivity index (χ0) is 12.1. The summed E-state index contributed by atoms with van der Waals surface area (Å²) < 4.78 is 0. The van der Waals surface area contributed by atoms with Crippen molar-refractivity contribution in [3.8, 4) is 0 Å². The highest BCUT2D eigenvalue weighted by atomic mass is 16.3. The lowest BCUT2D eigenvalue weighted by Gasteiger charge is -2.33. The molecule has 3 N–H and O–H groups in total. The third kappa shape index (κ3) is 2.86. The van der Waals surface area contributed by atoms with Crippen LogP contribution in [-0.2, 0) is 0 Å². The lowest BCUT2D eigenvalue weighted by atomic mass is 9.92. The number of rotatable bonds is 5. The second-order valence-corrected chi connectivity index (χ2v) is 4.78. The van der Waals surface area contributed by atoms with Crippen LogP contribution in [0.1, 0.15) is 24.4 Å². The Morgan fingerprint density at radius 2 is 1.82 bits per heavy atom. The molecule has 1 saturated heterocycles. The molecule has 0 bridgehead atoms. The highest BCUT2D eigenvalue weighted by molar-refractivity contribution is 5.20. The summed E-state index contributed by atoms with van der Waals surface area (Å²) >= 11 is 0. The first-order valence-electron chi connectivity index (χ1n) is 6.46. The Morgan fingerprint density at radius 3 is 2.35 bits per heavy atom. The van der Waals surface area contributed by atoms with Gasteiger partial charge in [-0.25, -0.2) is 0 Å². The average molecular weight is 234 g/mol. The first-order chi connectivity index (χ1) is 8.36. The van der Waals surface area contributed by atoms with E-state index in [1.54, 1.807) is 0 Å². The number of hydrogen-bond acceptors (Lipinski definition) is 3. The number of nitrogens with two attached hydrogens (primary N) is 1. The van der Waals surface area contributed by atoms with E-state index >= 15 is 0 Å². The maximum absolute atomic E-state index is 9.51. The van der Waals surface area contributed by atoms with Crippen LogP contribution in [0.3, 0.4) is 0 Å². The van der Waals surface area contributed by atoms with E-state index < -0.39 is 0 Å². The van der Waals surface area contributed by atoms with Crippen LogP contribution in [0, 0.1) is 5.92 Å². The molecule has 2 rings (SSSR count). The topological polar surface area (TPSA) is 49.5 Å². The summed E-state index contributed by atoms with van der Waals surface area (Å²) in [5, 5.41) is 9.51. The molecule has 0 radical (unpaired) electrons. The maximum Gasteiger partial charge on any atom is 0.0489 e. The predicted molar refractivity (Wildman–Crippen MR) is 69.6 cm³/mol. The summed E-state index contributed by atoms with van der Waals surface area (Å²) in [5.41, 5.74) is 7.08. The largest absolute Gasteiger partial charge is 0.396 e. The zero-order valence-corrected chi connectivity index (χ0v) is 10.3. The van der Waals surface area contributed by atoms with E-state index in [4.69, 9.17) is 5.73 Å². The molecule has 0 amide bonds. The number of aliphatic hydroxyl groups excluding tert-OH is 1. The van der Waals surface area contributed by atoms with Gasteiger partial charge >= 0.3 is 0 Å². The van der Waals surface area contributed by atoms with E-state index in [1.807, 2.05) is 6.07 Å². The fourth-order valence-corrected chi connectivity index (χ4v) is 2.75. The Hall–Kier alpha value is -0.900. The maximum atomic E-state index is 9.51. The van der Waals surface area contributed by atoms with Gasteiger partial charge < -0.3 is 10.8 Å². The van der Waals surface area contributed by atoms with Gasteiger partial charge in [-0.3, -0.25) is 4.90 Å². The fourth-order valence-electron chi connectivity index (χ4n) is 2.75. The normalized spacial score (nSPS) is 20.4. The van der Waals surface area contributed by atoms with Crippen LogP contribution in [0.15, 0.2) is 30.3 Å². The monoisotopic (exact) mass is 234 g/mol. The van der Waals surface area contributed by atoms with Crippen molar-refractivity contribution in [1.82, 2.24) is 4.90 Å². The van der Waals surface area contributed by atoms with Crippen molar-refractivity contribution in [2.75, 3.05) is 26.2 Å². The SMILES string of the molecule is NC[C@@H](CO)[C@H](c1ccccc1)N1CCCC1. The van der Waals surface area contributed by atoms with Crippen molar-refractivity contribution >= 4 is 0 Å². The van der Waals surface area contributed by atoms with Crippen LogP contribution in [-0.4, -0.2) is 36.2 Å².